The summed E-state index contributed by atoms with van der Waals surface area (Å²) in [5.41, 5.74) is 6.33. The topological polar surface area (TPSA) is 58.9 Å². The number of benzene rings is 1. The predicted octanol–water partition coefficient (Wildman–Crippen LogP) is 5.53. The van der Waals surface area contributed by atoms with Gasteiger partial charge in [0.2, 0.25) is 5.28 Å². The molecule has 0 unspecified atom stereocenters. The van der Waals surface area contributed by atoms with E-state index in [0.717, 1.165) is 48.5 Å². The fourth-order valence-corrected chi connectivity index (χ4v) is 5.17. The molecule has 0 bridgehead atoms. The normalized spacial score (nSPS) is 19.0. The van der Waals surface area contributed by atoms with Gasteiger partial charge in [0, 0.05) is 24.2 Å². The van der Waals surface area contributed by atoms with E-state index in [1.807, 2.05) is 18.5 Å². The van der Waals surface area contributed by atoms with Gasteiger partial charge in [-0.15, -0.1) is 0 Å². The monoisotopic (exact) mass is 444 g/mol. The van der Waals surface area contributed by atoms with Crippen LogP contribution in [0.1, 0.15) is 50.1 Å². The zero-order chi connectivity index (χ0) is 20.5. The predicted molar refractivity (Wildman–Crippen MR) is 121 cm³/mol. The Hall–Kier alpha value is -1.89. The number of hydrazine groups is 1. The maximum atomic E-state index is 6.34. The summed E-state index contributed by atoms with van der Waals surface area (Å²) in [5.74, 6) is 1.34. The third kappa shape index (κ3) is 4.13. The van der Waals surface area contributed by atoms with Crippen molar-refractivity contribution in [1.29, 1.82) is 0 Å². The molecule has 5 rings (SSSR count). The molecule has 1 N–H and O–H groups in total. The van der Waals surface area contributed by atoms with Crippen molar-refractivity contribution in [3.05, 3.63) is 46.5 Å². The molecular formula is C22H26Cl2N6. The highest BCUT2D eigenvalue weighted by Crippen LogP contribution is 2.33. The van der Waals surface area contributed by atoms with Crippen molar-refractivity contribution >= 4 is 40.2 Å². The summed E-state index contributed by atoms with van der Waals surface area (Å²) in [6.45, 7) is 1.89. The van der Waals surface area contributed by atoms with Gasteiger partial charge >= 0.3 is 0 Å². The highest BCUT2D eigenvalue weighted by atomic mass is 35.5. The van der Waals surface area contributed by atoms with Crippen molar-refractivity contribution in [3.8, 4) is 0 Å². The van der Waals surface area contributed by atoms with Gasteiger partial charge in [0.25, 0.3) is 0 Å². The molecule has 1 aromatic carbocycles. The third-order valence-corrected chi connectivity index (χ3v) is 6.99. The lowest BCUT2D eigenvalue weighted by molar-refractivity contribution is 0.216. The van der Waals surface area contributed by atoms with Crippen LogP contribution in [0.2, 0.25) is 10.3 Å². The van der Waals surface area contributed by atoms with Crippen LogP contribution in [0.4, 0.5) is 5.82 Å². The molecule has 6 nitrogen and oxygen atoms in total. The van der Waals surface area contributed by atoms with E-state index in [4.69, 9.17) is 23.2 Å². The fraction of sp³-hybridized carbons (Fsp3) is 0.500. The van der Waals surface area contributed by atoms with Crippen LogP contribution in [0.5, 0.6) is 0 Å². The second-order valence-corrected chi connectivity index (χ2v) is 9.19. The summed E-state index contributed by atoms with van der Waals surface area (Å²) in [7, 11) is 0. The van der Waals surface area contributed by atoms with Crippen molar-refractivity contribution in [2.45, 2.75) is 51.0 Å². The van der Waals surface area contributed by atoms with E-state index in [0.29, 0.717) is 17.8 Å². The number of rotatable bonds is 5. The van der Waals surface area contributed by atoms with Crippen LogP contribution in [0.25, 0.3) is 11.2 Å². The Balaban J connectivity index is 1.27. The molecule has 3 aromatic rings. The molecule has 2 aliphatic rings. The van der Waals surface area contributed by atoms with Gasteiger partial charge in [-0.3, -0.25) is 0 Å². The maximum absolute atomic E-state index is 6.34. The Bertz CT molecular complexity index is 1020. The van der Waals surface area contributed by atoms with Gasteiger partial charge in [0.05, 0.1) is 6.33 Å². The van der Waals surface area contributed by atoms with Crippen LogP contribution in [0.3, 0.4) is 0 Å². The highest BCUT2D eigenvalue weighted by molar-refractivity contribution is 6.31. The summed E-state index contributed by atoms with van der Waals surface area (Å²) >= 11 is 12.6. The van der Waals surface area contributed by atoms with Crippen LogP contribution >= 0.6 is 23.2 Å². The minimum absolute atomic E-state index is 0.262. The minimum atomic E-state index is 0.262. The molecule has 1 aliphatic heterocycles. The second kappa shape index (κ2) is 8.69. The number of fused-ring (bicyclic) bond motifs is 1. The van der Waals surface area contributed by atoms with Crippen LogP contribution in [-0.4, -0.2) is 37.6 Å². The summed E-state index contributed by atoms with van der Waals surface area (Å²) in [6, 6.07) is 8.62. The number of nitrogens with one attached hydrogen (secondary N) is 1. The van der Waals surface area contributed by atoms with E-state index in [9.17, 15) is 0 Å². The fourth-order valence-electron chi connectivity index (χ4n) is 4.79. The molecule has 1 aliphatic carbocycles. The maximum Gasteiger partial charge on any atom is 0.226 e. The van der Waals surface area contributed by atoms with E-state index >= 15 is 0 Å². The summed E-state index contributed by atoms with van der Waals surface area (Å²) in [6.07, 6.45) is 10.0. The van der Waals surface area contributed by atoms with E-state index in [-0.39, 0.29) is 5.28 Å². The van der Waals surface area contributed by atoms with Crippen molar-refractivity contribution in [2.75, 3.05) is 18.5 Å². The number of piperidine rings is 1. The molecule has 2 fully saturated rings. The number of imidazole rings is 1. The van der Waals surface area contributed by atoms with Crippen LogP contribution in [0.15, 0.2) is 30.6 Å². The smallest absolute Gasteiger partial charge is 0.226 e. The number of hydrogen-bond acceptors (Lipinski definition) is 5. The lowest BCUT2D eigenvalue weighted by Gasteiger charge is -2.32. The zero-order valence-corrected chi connectivity index (χ0v) is 18.4. The molecule has 0 atom stereocenters. The largest absolute Gasteiger partial charge is 0.312 e. The molecule has 8 heteroatoms. The van der Waals surface area contributed by atoms with E-state index in [1.54, 1.807) is 0 Å². The van der Waals surface area contributed by atoms with E-state index in [1.165, 1.54) is 31.2 Å². The van der Waals surface area contributed by atoms with Crippen molar-refractivity contribution in [2.24, 2.45) is 5.92 Å². The SMILES string of the molecule is Clc1nc(NN2CCC(Cc3ccccc3Cl)CC2)c2ncn(C3CCCC3)c2n1. The zero-order valence-electron chi connectivity index (χ0n) is 16.9. The van der Waals surface area contributed by atoms with E-state index in [2.05, 4.69) is 42.1 Å². The van der Waals surface area contributed by atoms with Gasteiger partial charge in [-0.05, 0) is 61.3 Å². The number of aromatic nitrogens is 4. The first-order chi connectivity index (χ1) is 14.7. The van der Waals surface area contributed by atoms with Crippen molar-refractivity contribution < 1.29 is 0 Å². The number of hydrogen-bond donors (Lipinski definition) is 1. The van der Waals surface area contributed by atoms with Crippen molar-refractivity contribution in [3.63, 3.8) is 0 Å². The molecule has 1 saturated heterocycles. The number of anilines is 1. The third-order valence-electron chi connectivity index (χ3n) is 6.46. The standard InChI is InChI=1S/C22H26Cl2N6/c23-18-8-4-1-5-16(18)13-15-9-11-29(12-10-15)28-20-19-21(27-22(24)26-20)30(14-25-19)17-6-2-3-7-17/h1,4-5,8,14-15,17H,2-3,6-7,9-13H2,(H,26,27,28). The number of halogens is 2. The van der Waals surface area contributed by atoms with Crippen LogP contribution in [0, 0.1) is 5.92 Å². The first-order valence-corrected chi connectivity index (χ1v) is 11.6. The summed E-state index contributed by atoms with van der Waals surface area (Å²) in [5, 5.41) is 3.35. The second-order valence-electron chi connectivity index (χ2n) is 8.44. The summed E-state index contributed by atoms with van der Waals surface area (Å²) < 4.78 is 2.18. The lowest BCUT2D eigenvalue weighted by Crippen LogP contribution is -2.38. The van der Waals surface area contributed by atoms with Gasteiger partial charge < -0.3 is 9.99 Å². The molecule has 1 saturated carbocycles. The average molecular weight is 445 g/mol. The first kappa shape index (κ1) is 20.0. The molecule has 0 spiro atoms. The average Bonchev–Trinajstić information content (AvgIpc) is 3.41. The van der Waals surface area contributed by atoms with Crippen molar-refractivity contribution in [1.82, 2.24) is 24.5 Å². The Kier molecular flexibility index (Phi) is 5.81. The summed E-state index contributed by atoms with van der Waals surface area (Å²) in [4.78, 5) is 13.6. The number of nitrogens with zero attached hydrogens (tertiary/aromatic N) is 5. The molecule has 3 heterocycles. The highest BCUT2D eigenvalue weighted by Gasteiger charge is 2.24. The first-order valence-electron chi connectivity index (χ1n) is 10.8. The van der Waals surface area contributed by atoms with Gasteiger partial charge in [-0.25, -0.2) is 9.99 Å². The van der Waals surface area contributed by atoms with Gasteiger partial charge in [0.1, 0.15) is 0 Å². The van der Waals surface area contributed by atoms with Gasteiger partial charge in [0.15, 0.2) is 17.0 Å². The molecular weight excluding hydrogens is 419 g/mol. The van der Waals surface area contributed by atoms with Crippen LogP contribution in [-0.2, 0) is 6.42 Å². The molecule has 30 heavy (non-hydrogen) atoms. The minimum Gasteiger partial charge on any atom is -0.312 e. The Labute approximate surface area is 186 Å². The Morgan fingerprint density at radius 3 is 2.53 bits per heavy atom. The molecule has 0 amide bonds. The molecule has 158 valence electrons. The molecule has 0 radical (unpaired) electrons. The quantitative estimate of drug-likeness (QED) is 0.524. The Morgan fingerprint density at radius 2 is 1.77 bits per heavy atom. The van der Waals surface area contributed by atoms with Gasteiger partial charge in [-0.1, -0.05) is 42.6 Å². The van der Waals surface area contributed by atoms with E-state index < -0.39 is 0 Å². The molecule has 2 aromatic heterocycles. The lowest BCUT2D eigenvalue weighted by atomic mass is 9.91. The van der Waals surface area contributed by atoms with Gasteiger partial charge in [-0.2, -0.15) is 9.97 Å². The van der Waals surface area contributed by atoms with Crippen LogP contribution < -0.4 is 5.43 Å². The Morgan fingerprint density at radius 1 is 1.00 bits per heavy atom.